The molecule has 0 saturated carbocycles. The summed E-state index contributed by atoms with van der Waals surface area (Å²) in [4.78, 5) is 29.3. The second-order valence-corrected chi connectivity index (χ2v) is 4.33. The zero-order valence-electron chi connectivity index (χ0n) is 9.74. The molecular formula is C12H12N4O2. The Labute approximate surface area is 103 Å². The van der Waals surface area contributed by atoms with Crippen molar-refractivity contribution in [3.8, 4) is 0 Å². The van der Waals surface area contributed by atoms with E-state index < -0.39 is 0 Å². The van der Waals surface area contributed by atoms with Crippen LogP contribution >= 0.6 is 0 Å². The Hall–Kier alpha value is -2.24. The number of fused-ring (bicyclic) bond motifs is 1. The molecule has 1 saturated heterocycles. The number of Topliss-reactive ketones (excluding diaryl/α,β-unsaturated/α-hetero) is 1. The van der Waals surface area contributed by atoms with Gasteiger partial charge in [-0.25, -0.2) is 4.52 Å². The van der Waals surface area contributed by atoms with Gasteiger partial charge in [0.25, 0.3) is 5.91 Å². The first-order valence-electron chi connectivity index (χ1n) is 5.84. The fourth-order valence-electron chi connectivity index (χ4n) is 2.18. The summed E-state index contributed by atoms with van der Waals surface area (Å²) >= 11 is 0. The van der Waals surface area contributed by atoms with Crippen molar-refractivity contribution in [2.24, 2.45) is 0 Å². The van der Waals surface area contributed by atoms with E-state index >= 15 is 0 Å². The Bertz CT molecular complexity index is 619. The molecule has 1 aliphatic rings. The van der Waals surface area contributed by atoms with Gasteiger partial charge in [-0.3, -0.25) is 14.6 Å². The van der Waals surface area contributed by atoms with Gasteiger partial charge in [0.05, 0.1) is 30.0 Å². The number of amides is 1. The highest BCUT2D eigenvalue weighted by atomic mass is 16.2. The summed E-state index contributed by atoms with van der Waals surface area (Å²) in [5.74, 6) is -0.0322. The van der Waals surface area contributed by atoms with E-state index in [1.807, 2.05) is 0 Å². The monoisotopic (exact) mass is 244 g/mol. The Kier molecular flexibility index (Phi) is 2.55. The first-order chi connectivity index (χ1) is 8.75. The van der Waals surface area contributed by atoms with Crippen LogP contribution < -0.4 is 0 Å². The van der Waals surface area contributed by atoms with E-state index in [-0.39, 0.29) is 18.2 Å². The maximum absolute atomic E-state index is 12.3. The summed E-state index contributed by atoms with van der Waals surface area (Å²) in [6.07, 6.45) is 7.73. The minimum Gasteiger partial charge on any atom is -0.331 e. The number of carbonyl (C=O) groups is 2. The number of piperidine rings is 1. The average Bonchev–Trinajstić information content (AvgIpc) is 2.82. The largest absolute Gasteiger partial charge is 0.331 e. The third-order valence-corrected chi connectivity index (χ3v) is 3.09. The summed E-state index contributed by atoms with van der Waals surface area (Å²) < 4.78 is 1.60. The van der Waals surface area contributed by atoms with E-state index in [2.05, 4.69) is 10.1 Å². The highest BCUT2D eigenvalue weighted by Gasteiger charge is 2.24. The summed E-state index contributed by atoms with van der Waals surface area (Å²) in [5, 5.41) is 4.10. The fraction of sp³-hybridized carbons (Fsp3) is 0.333. The summed E-state index contributed by atoms with van der Waals surface area (Å²) in [7, 11) is 0. The van der Waals surface area contributed by atoms with Crippen LogP contribution in [0.4, 0.5) is 0 Å². The van der Waals surface area contributed by atoms with Gasteiger partial charge in [-0.15, -0.1) is 0 Å². The number of hydrogen-bond acceptors (Lipinski definition) is 4. The smallest absolute Gasteiger partial charge is 0.258 e. The molecule has 0 radical (unpaired) electrons. The molecule has 1 fully saturated rings. The summed E-state index contributed by atoms with van der Waals surface area (Å²) in [6, 6.07) is 0. The first kappa shape index (κ1) is 10.9. The lowest BCUT2D eigenvalue weighted by molar-refractivity contribution is -0.121. The SMILES string of the molecule is O=C1CCCN(C(=O)c2cnn3ccncc23)C1. The van der Waals surface area contributed by atoms with Crippen LogP contribution in [0.25, 0.3) is 5.52 Å². The van der Waals surface area contributed by atoms with Crippen molar-refractivity contribution >= 4 is 17.2 Å². The average molecular weight is 244 g/mol. The first-order valence-corrected chi connectivity index (χ1v) is 5.84. The van der Waals surface area contributed by atoms with E-state index in [9.17, 15) is 9.59 Å². The molecule has 6 nitrogen and oxygen atoms in total. The molecule has 0 N–H and O–H groups in total. The topological polar surface area (TPSA) is 67.6 Å². The van der Waals surface area contributed by atoms with Crippen LogP contribution in [-0.2, 0) is 4.79 Å². The van der Waals surface area contributed by atoms with Crippen molar-refractivity contribution in [1.29, 1.82) is 0 Å². The number of ketones is 1. The fourth-order valence-corrected chi connectivity index (χ4v) is 2.18. The number of likely N-dealkylation sites (tertiary alicyclic amines) is 1. The molecule has 0 atom stereocenters. The van der Waals surface area contributed by atoms with Gasteiger partial charge in [0.15, 0.2) is 5.78 Å². The van der Waals surface area contributed by atoms with Crippen LogP contribution in [0.15, 0.2) is 24.8 Å². The van der Waals surface area contributed by atoms with E-state index in [4.69, 9.17) is 0 Å². The molecule has 0 spiro atoms. The molecule has 2 aromatic heterocycles. The van der Waals surface area contributed by atoms with Crippen molar-refractivity contribution in [2.75, 3.05) is 13.1 Å². The molecule has 0 unspecified atom stereocenters. The Morgan fingerprint density at radius 1 is 1.33 bits per heavy atom. The van der Waals surface area contributed by atoms with Crippen LogP contribution in [0, 0.1) is 0 Å². The second-order valence-electron chi connectivity index (χ2n) is 4.33. The van der Waals surface area contributed by atoms with Crippen LogP contribution in [-0.4, -0.2) is 44.3 Å². The van der Waals surface area contributed by atoms with Crippen LogP contribution in [0.1, 0.15) is 23.2 Å². The third-order valence-electron chi connectivity index (χ3n) is 3.09. The zero-order chi connectivity index (χ0) is 12.5. The van der Waals surface area contributed by atoms with Crippen molar-refractivity contribution in [3.05, 3.63) is 30.4 Å². The van der Waals surface area contributed by atoms with Crippen LogP contribution in [0.3, 0.4) is 0 Å². The van der Waals surface area contributed by atoms with Gasteiger partial charge in [-0.2, -0.15) is 5.10 Å². The van der Waals surface area contributed by atoms with E-state index in [0.29, 0.717) is 24.0 Å². The molecule has 0 aliphatic carbocycles. The van der Waals surface area contributed by atoms with E-state index in [1.165, 1.54) is 6.20 Å². The minimum absolute atomic E-state index is 0.115. The number of rotatable bonds is 1. The van der Waals surface area contributed by atoms with Crippen molar-refractivity contribution < 1.29 is 9.59 Å². The molecule has 0 bridgehead atoms. The summed E-state index contributed by atoms with van der Waals surface area (Å²) in [6.45, 7) is 0.832. The van der Waals surface area contributed by atoms with Crippen molar-refractivity contribution in [1.82, 2.24) is 19.5 Å². The molecule has 18 heavy (non-hydrogen) atoms. The minimum atomic E-state index is -0.147. The lowest BCUT2D eigenvalue weighted by Crippen LogP contribution is -2.40. The molecule has 0 aromatic carbocycles. The number of nitrogens with zero attached hydrogens (tertiary/aromatic N) is 4. The Morgan fingerprint density at radius 3 is 3.06 bits per heavy atom. The van der Waals surface area contributed by atoms with Gasteiger partial charge in [-0.1, -0.05) is 0 Å². The second kappa shape index (κ2) is 4.21. The van der Waals surface area contributed by atoms with Crippen LogP contribution in [0.2, 0.25) is 0 Å². The quantitative estimate of drug-likeness (QED) is 0.734. The standard InChI is InChI=1S/C12H12N4O2/c17-9-2-1-4-15(8-9)12(18)10-6-14-16-5-3-13-7-11(10)16/h3,5-7H,1-2,4,8H2. The van der Waals surface area contributed by atoms with Crippen molar-refractivity contribution in [2.45, 2.75) is 12.8 Å². The molecule has 92 valence electrons. The Morgan fingerprint density at radius 2 is 2.22 bits per heavy atom. The normalized spacial score (nSPS) is 16.2. The highest BCUT2D eigenvalue weighted by Crippen LogP contribution is 2.15. The van der Waals surface area contributed by atoms with E-state index in [1.54, 1.807) is 28.0 Å². The number of carbonyl (C=O) groups excluding carboxylic acids is 2. The van der Waals surface area contributed by atoms with Crippen molar-refractivity contribution in [3.63, 3.8) is 0 Å². The predicted molar refractivity (Wildman–Crippen MR) is 63.1 cm³/mol. The third kappa shape index (κ3) is 1.75. The van der Waals surface area contributed by atoms with Gasteiger partial charge < -0.3 is 4.90 Å². The maximum atomic E-state index is 12.3. The molecule has 3 heterocycles. The van der Waals surface area contributed by atoms with Gasteiger partial charge in [-0.05, 0) is 6.42 Å². The highest BCUT2D eigenvalue weighted by molar-refractivity contribution is 6.02. The van der Waals surface area contributed by atoms with E-state index in [0.717, 1.165) is 6.42 Å². The number of aromatic nitrogens is 3. The molecule has 1 aliphatic heterocycles. The molecular weight excluding hydrogens is 232 g/mol. The van der Waals surface area contributed by atoms with Crippen LogP contribution in [0.5, 0.6) is 0 Å². The van der Waals surface area contributed by atoms with Gasteiger partial charge >= 0.3 is 0 Å². The van der Waals surface area contributed by atoms with Gasteiger partial charge in [0.2, 0.25) is 0 Å². The lowest BCUT2D eigenvalue weighted by atomic mass is 10.1. The zero-order valence-corrected chi connectivity index (χ0v) is 9.74. The maximum Gasteiger partial charge on any atom is 0.258 e. The molecule has 6 heteroatoms. The molecule has 1 amide bonds. The Balaban J connectivity index is 1.94. The molecule has 3 rings (SSSR count). The van der Waals surface area contributed by atoms with Gasteiger partial charge in [0, 0.05) is 25.4 Å². The summed E-state index contributed by atoms with van der Waals surface area (Å²) in [5.41, 5.74) is 1.17. The predicted octanol–water partition coefficient (Wildman–Crippen LogP) is 0.534. The lowest BCUT2D eigenvalue weighted by Gasteiger charge is -2.25. The molecule has 2 aromatic rings. The number of hydrogen-bond donors (Lipinski definition) is 0. The van der Waals surface area contributed by atoms with Gasteiger partial charge in [0.1, 0.15) is 0 Å².